The van der Waals surface area contributed by atoms with E-state index in [9.17, 15) is 0 Å². The van der Waals surface area contributed by atoms with Crippen molar-refractivity contribution in [3.63, 3.8) is 0 Å². The summed E-state index contributed by atoms with van der Waals surface area (Å²) in [6.07, 6.45) is 1.96. The maximum absolute atomic E-state index is 5.49. The fourth-order valence-electron chi connectivity index (χ4n) is 2.60. The van der Waals surface area contributed by atoms with Gasteiger partial charge in [-0.05, 0) is 59.2 Å². The minimum Gasteiger partial charge on any atom is -0.336 e. The van der Waals surface area contributed by atoms with Crippen molar-refractivity contribution in [3.05, 3.63) is 69.0 Å². The number of aromatic nitrogens is 2. The first-order valence-corrected chi connectivity index (χ1v) is 7.91. The highest BCUT2D eigenvalue weighted by molar-refractivity contribution is 9.10. The number of hydrogen-bond donors (Lipinski definition) is 1. The summed E-state index contributed by atoms with van der Waals surface area (Å²) in [5.41, 5.74) is 5.71. The van der Waals surface area contributed by atoms with Crippen LogP contribution in [-0.4, -0.2) is 9.55 Å². The summed E-state index contributed by atoms with van der Waals surface area (Å²) in [7, 11) is 0. The Morgan fingerprint density at radius 3 is 2.48 bits per heavy atom. The molecule has 0 amide bonds. The lowest BCUT2D eigenvalue weighted by Gasteiger charge is -2.14. The largest absolute Gasteiger partial charge is 0.336 e. The standard InChI is InChI=1S/C17H15BrN2S/c1-11-8-12(2)16(14(18)9-11)20-15(10-19-17(20)21)13-6-4-3-5-7-13/h3-10H,1-2H3,(H,19,21). The summed E-state index contributed by atoms with van der Waals surface area (Å²) >= 11 is 9.17. The molecule has 0 aliphatic rings. The summed E-state index contributed by atoms with van der Waals surface area (Å²) in [5, 5.41) is 0. The molecule has 0 radical (unpaired) electrons. The number of nitrogens with zero attached hydrogens (tertiary/aromatic N) is 1. The minimum atomic E-state index is 0.696. The van der Waals surface area contributed by atoms with Crippen LogP contribution in [0.15, 0.2) is 53.1 Å². The molecule has 2 nitrogen and oxygen atoms in total. The molecular formula is C17H15BrN2S. The zero-order chi connectivity index (χ0) is 15.0. The molecule has 1 heterocycles. The molecule has 21 heavy (non-hydrogen) atoms. The van der Waals surface area contributed by atoms with Gasteiger partial charge in [-0.15, -0.1) is 0 Å². The molecule has 0 spiro atoms. The molecule has 0 saturated heterocycles. The van der Waals surface area contributed by atoms with Crippen molar-refractivity contribution < 1.29 is 0 Å². The Hall–Kier alpha value is -1.65. The van der Waals surface area contributed by atoms with Crippen molar-refractivity contribution in [1.82, 2.24) is 9.55 Å². The number of imidazole rings is 1. The lowest BCUT2D eigenvalue weighted by atomic mass is 10.1. The Morgan fingerprint density at radius 2 is 1.81 bits per heavy atom. The van der Waals surface area contributed by atoms with Crippen LogP contribution in [0.4, 0.5) is 0 Å². The van der Waals surface area contributed by atoms with Crippen molar-refractivity contribution in [2.45, 2.75) is 13.8 Å². The molecule has 3 aromatic rings. The monoisotopic (exact) mass is 358 g/mol. The Bertz CT molecular complexity index is 824. The predicted molar refractivity (Wildman–Crippen MR) is 93.6 cm³/mol. The summed E-state index contributed by atoms with van der Waals surface area (Å²) in [4.78, 5) is 3.16. The van der Waals surface area contributed by atoms with Crippen LogP contribution < -0.4 is 0 Å². The molecule has 1 aromatic heterocycles. The van der Waals surface area contributed by atoms with E-state index in [0.717, 1.165) is 21.4 Å². The second-order valence-electron chi connectivity index (χ2n) is 5.09. The van der Waals surface area contributed by atoms with Crippen LogP contribution in [-0.2, 0) is 0 Å². The summed E-state index contributed by atoms with van der Waals surface area (Å²) in [6.45, 7) is 4.20. The van der Waals surface area contributed by atoms with Crippen LogP contribution >= 0.6 is 28.1 Å². The van der Waals surface area contributed by atoms with Crippen LogP contribution in [0.3, 0.4) is 0 Å². The third-order valence-electron chi connectivity index (χ3n) is 3.47. The van der Waals surface area contributed by atoms with Gasteiger partial charge < -0.3 is 4.98 Å². The van der Waals surface area contributed by atoms with Gasteiger partial charge in [0.25, 0.3) is 0 Å². The van der Waals surface area contributed by atoms with E-state index in [1.54, 1.807) is 0 Å². The molecular weight excluding hydrogens is 344 g/mol. The van der Waals surface area contributed by atoms with Gasteiger partial charge in [-0.3, -0.25) is 4.57 Å². The third kappa shape index (κ3) is 2.61. The van der Waals surface area contributed by atoms with E-state index in [1.165, 1.54) is 11.1 Å². The van der Waals surface area contributed by atoms with E-state index >= 15 is 0 Å². The fourth-order valence-corrected chi connectivity index (χ4v) is 3.70. The summed E-state index contributed by atoms with van der Waals surface area (Å²) in [6, 6.07) is 14.6. The highest BCUT2D eigenvalue weighted by Gasteiger charge is 2.13. The average molecular weight is 359 g/mol. The maximum Gasteiger partial charge on any atom is 0.182 e. The van der Waals surface area contributed by atoms with Gasteiger partial charge in [0.2, 0.25) is 0 Å². The van der Waals surface area contributed by atoms with E-state index in [4.69, 9.17) is 12.2 Å². The van der Waals surface area contributed by atoms with Gasteiger partial charge in [0.15, 0.2) is 4.77 Å². The van der Waals surface area contributed by atoms with Crippen LogP contribution in [0.2, 0.25) is 0 Å². The lowest BCUT2D eigenvalue weighted by Crippen LogP contribution is -2.01. The maximum atomic E-state index is 5.49. The molecule has 4 heteroatoms. The number of halogens is 1. The van der Waals surface area contributed by atoms with Crippen molar-refractivity contribution >= 4 is 28.1 Å². The highest BCUT2D eigenvalue weighted by atomic mass is 79.9. The van der Waals surface area contributed by atoms with Gasteiger partial charge in [0, 0.05) is 16.2 Å². The molecule has 0 fully saturated rings. The van der Waals surface area contributed by atoms with Crippen molar-refractivity contribution in [3.8, 4) is 16.9 Å². The van der Waals surface area contributed by atoms with Gasteiger partial charge in [-0.2, -0.15) is 0 Å². The van der Waals surface area contributed by atoms with Gasteiger partial charge in [-0.25, -0.2) is 0 Å². The third-order valence-corrected chi connectivity index (χ3v) is 4.37. The van der Waals surface area contributed by atoms with Crippen LogP contribution in [0.5, 0.6) is 0 Å². The van der Waals surface area contributed by atoms with Gasteiger partial charge in [0.05, 0.1) is 11.4 Å². The lowest BCUT2D eigenvalue weighted by molar-refractivity contribution is 1.01. The molecule has 0 aliphatic heterocycles. The van der Waals surface area contributed by atoms with E-state index in [1.807, 2.05) is 24.4 Å². The van der Waals surface area contributed by atoms with E-state index in [-0.39, 0.29) is 0 Å². The molecule has 1 N–H and O–H groups in total. The van der Waals surface area contributed by atoms with Crippen LogP contribution in [0.25, 0.3) is 16.9 Å². The van der Waals surface area contributed by atoms with Crippen LogP contribution in [0, 0.1) is 18.6 Å². The van der Waals surface area contributed by atoms with Crippen molar-refractivity contribution in [2.75, 3.05) is 0 Å². The number of aromatic amines is 1. The van der Waals surface area contributed by atoms with E-state index < -0.39 is 0 Å². The molecule has 0 bridgehead atoms. The van der Waals surface area contributed by atoms with E-state index in [0.29, 0.717) is 4.77 Å². The molecule has 3 rings (SSSR count). The number of benzene rings is 2. The van der Waals surface area contributed by atoms with Gasteiger partial charge in [-0.1, -0.05) is 36.4 Å². The predicted octanol–water partition coefficient (Wildman–Crippen LogP) is 5.58. The Morgan fingerprint density at radius 1 is 1.10 bits per heavy atom. The fraction of sp³-hybridized carbons (Fsp3) is 0.118. The zero-order valence-corrected chi connectivity index (χ0v) is 14.3. The molecule has 0 atom stereocenters. The van der Waals surface area contributed by atoms with Gasteiger partial charge in [0.1, 0.15) is 0 Å². The highest BCUT2D eigenvalue weighted by Crippen LogP contribution is 2.31. The Balaban J connectivity index is 2.30. The smallest absolute Gasteiger partial charge is 0.182 e. The zero-order valence-electron chi connectivity index (χ0n) is 11.9. The minimum absolute atomic E-state index is 0.696. The summed E-state index contributed by atoms with van der Waals surface area (Å²) in [5.74, 6) is 0. The Labute approximate surface area is 137 Å². The summed E-state index contributed by atoms with van der Waals surface area (Å²) < 4.78 is 3.83. The number of aryl methyl sites for hydroxylation is 2. The molecule has 0 unspecified atom stereocenters. The molecule has 0 saturated carbocycles. The quantitative estimate of drug-likeness (QED) is 0.592. The Kier molecular flexibility index (Phi) is 3.83. The first kappa shape index (κ1) is 14.3. The first-order chi connectivity index (χ1) is 10.1. The molecule has 2 aromatic carbocycles. The van der Waals surface area contributed by atoms with E-state index in [2.05, 4.69) is 63.6 Å². The van der Waals surface area contributed by atoms with Crippen LogP contribution in [0.1, 0.15) is 11.1 Å². The first-order valence-electron chi connectivity index (χ1n) is 6.71. The number of rotatable bonds is 2. The molecule has 106 valence electrons. The molecule has 0 aliphatic carbocycles. The van der Waals surface area contributed by atoms with Crippen molar-refractivity contribution in [2.24, 2.45) is 0 Å². The van der Waals surface area contributed by atoms with Gasteiger partial charge >= 0.3 is 0 Å². The second kappa shape index (κ2) is 5.62. The van der Waals surface area contributed by atoms with Crippen molar-refractivity contribution in [1.29, 1.82) is 0 Å². The number of H-pyrrole nitrogens is 1. The normalized spacial score (nSPS) is 10.8. The number of nitrogens with one attached hydrogen (secondary N) is 1. The topological polar surface area (TPSA) is 20.7 Å². The second-order valence-corrected chi connectivity index (χ2v) is 6.33. The average Bonchev–Trinajstić information content (AvgIpc) is 2.81. The number of hydrogen-bond acceptors (Lipinski definition) is 1. The SMILES string of the molecule is Cc1cc(C)c(-n2c(-c3ccccc3)c[nH]c2=S)c(Br)c1.